The highest BCUT2D eigenvalue weighted by molar-refractivity contribution is 5.92. The summed E-state index contributed by atoms with van der Waals surface area (Å²) in [6, 6.07) is 7.35. The molecule has 0 heterocycles. The standard InChI is InChI=1S/C13H19NO2/c1-4-5-10(2)13(15)14-11-6-8-12(16-3)9-7-11/h6-10H,4-5H2,1-3H3,(H,14,15)/t10-/m1/s1. The number of benzene rings is 1. The number of carbonyl (C=O) groups excluding carboxylic acids is 1. The topological polar surface area (TPSA) is 38.3 Å². The summed E-state index contributed by atoms with van der Waals surface area (Å²) in [6.45, 7) is 4.03. The minimum absolute atomic E-state index is 0.0621. The zero-order valence-corrected chi connectivity index (χ0v) is 10.1. The van der Waals surface area contributed by atoms with Crippen LogP contribution in [0.3, 0.4) is 0 Å². The highest BCUT2D eigenvalue weighted by Gasteiger charge is 2.11. The quantitative estimate of drug-likeness (QED) is 0.829. The van der Waals surface area contributed by atoms with Crippen LogP contribution >= 0.6 is 0 Å². The van der Waals surface area contributed by atoms with Crippen LogP contribution in [0.1, 0.15) is 26.7 Å². The van der Waals surface area contributed by atoms with Crippen molar-refractivity contribution in [1.82, 2.24) is 0 Å². The van der Waals surface area contributed by atoms with Crippen LogP contribution in [0.4, 0.5) is 5.69 Å². The zero-order valence-electron chi connectivity index (χ0n) is 10.1. The third-order valence-electron chi connectivity index (χ3n) is 2.53. The molecule has 0 saturated heterocycles. The zero-order chi connectivity index (χ0) is 12.0. The average Bonchev–Trinajstić information content (AvgIpc) is 2.30. The first-order valence-corrected chi connectivity index (χ1v) is 5.62. The summed E-state index contributed by atoms with van der Waals surface area (Å²) in [5.41, 5.74) is 0.814. The molecule has 1 rings (SSSR count). The second-order valence-electron chi connectivity index (χ2n) is 3.91. The molecule has 0 aliphatic heterocycles. The van der Waals surface area contributed by atoms with Crippen molar-refractivity contribution in [1.29, 1.82) is 0 Å². The maximum Gasteiger partial charge on any atom is 0.227 e. The molecule has 1 aromatic rings. The van der Waals surface area contributed by atoms with Gasteiger partial charge in [0.25, 0.3) is 0 Å². The normalized spacial score (nSPS) is 11.9. The Labute approximate surface area is 96.8 Å². The lowest BCUT2D eigenvalue weighted by molar-refractivity contribution is -0.119. The Balaban J connectivity index is 2.55. The number of amides is 1. The molecule has 1 amide bonds. The number of carbonyl (C=O) groups is 1. The highest BCUT2D eigenvalue weighted by Crippen LogP contribution is 2.16. The molecule has 16 heavy (non-hydrogen) atoms. The van der Waals surface area contributed by atoms with Gasteiger partial charge in [-0.3, -0.25) is 4.79 Å². The predicted octanol–water partition coefficient (Wildman–Crippen LogP) is 3.07. The number of methoxy groups -OCH3 is 1. The number of nitrogens with one attached hydrogen (secondary N) is 1. The van der Waals surface area contributed by atoms with Gasteiger partial charge >= 0.3 is 0 Å². The number of anilines is 1. The highest BCUT2D eigenvalue weighted by atomic mass is 16.5. The van der Waals surface area contributed by atoms with Gasteiger partial charge in [-0.15, -0.1) is 0 Å². The van der Waals surface area contributed by atoms with E-state index in [4.69, 9.17) is 4.74 Å². The van der Waals surface area contributed by atoms with Crippen LogP contribution in [0.2, 0.25) is 0 Å². The van der Waals surface area contributed by atoms with E-state index >= 15 is 0 Å². The van der Waals surface area contributed by atoms with Crippen molar-refractivity contribution < 1.29 is 9.53 Å². The SMILES string of the molecule is CCC[C@@H](C)C(=O)Nc1ccc(OC)cc1. The van der Waals surface area contributed by atoms with E-state index in [1.165, 1.54) is 0 Å². The minimum Gasteiger partial charge on any atom is -0.497 e. The molecule has 0 fully saturated rings. The van der Waals surface area contributed by atoms with Gasteiger partial charge in [-0.2, -0.15) is 0 Å². The molecule has 1 atom stereocenters. The molecule has 88 valence electrons. The summed E-state index contributed by atoms with van der Waals surface area (Å²) in [7, 11) is 1.62. The summed E-state index contributed by atoms with van der Waals surface area (Å²) >= 11 is 0. The van der Waals surface area contributed by atoms with Crippen molar-refractivity contribution in [2.45, 2.75) is 26.7 Å². The number of hydrogen-bond donors (Lipinski definition) is 1. The van der Waals surface area contributed by atoms with E-state index in [1.807, 2.05) is 31.2 Å². The first kappa shape index (κ1) is 12.6. The summed E-state index contributed by atoms with van der Waals surface area (Å²) in [6.07, 6.45) is 1.94. The van der Waals surface area contributed by atoms with Gasteiger partial charge in [-0.25, -0.2) is 0 Å². The number of hydrogen-bond acceptors (Lipinski definition) is 2. The Hall–Kier alpha value is -1.51. The van der Waals surface area contributed by atoms with Crippen molar-refractivity contribution in [3.63, 3.8) is 0 Å². The van der Waals surface area contributed by atoms with Crippen LogP contribution in [-0.4, -0.2) is 13.0 Å². The van der Waals surface area contributed by atoms with E-state index in [1.54, 1.807) is 7.11 Å². The van der Waals surface area contributed by atoms with E-state index < -0.39 is 0 Å². The Morgan fingerprint density at radius 3 is 2.50 bits per heavy atom. The molecule has 0 spiro atoms. The molecule has 0 aliphatic rings. The van der Waals surface area contributed by atoms with Crippen molar-refractivity contribution >= 4 is 11.6 Å². The third kappa shape index (κ3) is 3.57. The first-order chi connectivity index (χ1) is 7.67. The Morgan fingerprint density at radius 1 is 1.38 bits per heavy atom. The fourth-order valence-electron chi connectivity index (χ4n) is 1.50. The fraction of sp³-hybridized carbons (Fsp3) is 0.462. The van der Waals surface area contributed by atoms with Crippen LogP contribution in [-0.2, 0) is 4.79 Å². The minimum atomic E-state index is 0.0621. The van der Waals surface area contributed by atoms with E-state index in [9.17, 15) is 4.79 Å². The maximum atomic E-state index is 11.7. The van der Waals surface area contributed by atoms with Gasteiger partial charge in [-0.05, 0) is 30.7 Å². The van der Waals surface area contributed by atoms with Crippen molar-refractivity contribution in [3.05, 3.63) is 24.3 Å². The van der Waals surface area contributed by atoms with Gasteiger partial charge < -0.3 is 10.1 Å². The van der Waals surface area contributed by atoms with Gasteiger partial charge in [0.2, 0.25) is 5.91 Å². The average molecular weight is 221 g/mol. The summed E-state index contributed by atoms with van der Waals surface area (Å²) < 4.78 is 5.05. The van der Waals surface area contributed by atoms with Gasteiger partial charge in [-0.1, -0.05) is 20.3 Å². The second kappa shape index (κ2) is 6.16. The smallest absolute Gasteiger partial charge is 0.227 e. The molecular weight excluding hydrogens is 202 g/mol. The van der Waals surface area contributed by atoms with Crippen LogP contribution in [0.15, 0.2) is 24.3 Å². The van der Waals surface area contributed by atoms with E-state index in [2.05, 4.69) is 12.2 Å². The lowest BCUT2D eigenvalue weighted by Crippen LogP contribution is -2.20. The molecule has 0 unspecified atom stereocenters. The van der Waals surface area contributed by atoms with Crippen LogP contribution in [0, 0.1) is 5.92 Å². The number of ether oxygens (including phenoxy) is 1. The second-order valence-corrected chi connectivity index (χ2v) is 3.91. The summed E-state index contributed by atoms with van der Waals surface area (Å²) in [4.78, 5) is 11.7. The molecule has 3 nitrogen and oxygen atoms in total. The van der Waals surface area contributed by atoms with E-state index in [0.717, 1.165) is 24.3 Å². The van der Waals surface area contributed by atoms with Gasteiger partial charge in [0.05, 0.1) is 7.11 Å². The lowest BCUT2D eigenvalue weighted by Gasteiger charge is -2.11. The molecule has 0 bridgehead atoms. The Morgan fingerprint density at radius 2 is 2.00 bits per heavy atom. The molecule has 0 aliphatic carbocycles. The third-order valence-corrected chi connectivity index (χ3v) is 2.53. The largest absolute Gasteiger partial charge is 0.497 e. The van der Waals surface area contributed by atoms with Gasteiger partial charge in [0.15, 0.2) is 0 Å². The summed E-state index contributed by atoms with van der Waals surface area (Å²) in [5, 5.41) is 2.88. The first-order valence-electron chi connectivity index (χ1n) is 5.62. The molecule has 0 aromatic heterocycles. The molecule has 0 radical (unpaired) electrons. The maximum absolute atomic E-state index is 11.7. The van der Waals surface area contributed by atoms with Gasteiger partial charge in [0.1, 0.15) is 5.75 Å². The van der Waals surface area contributed by atoms with Gasteiger partial charge in [0, 0.05) is 11.6 Å². The molecule has 0 saturated carbocycles. The molecular formula is C13H19NO2. The van der Waals surface area contributed by atoms with Crippen molar-refractivity contribution in [2.24, 2.45) is 5.92 Å². The van der Waals surface area contributed by atoms with Crippen LogP contribution in [0.25, 0.3) is 0 Å². The molecule has 1 aromatic carbocycles. The number of rotatable bonds is 5. The Bertz CT molecular complexity index is 332. The lowest BCUT2D eigenvalue weighted by atomic mass is 10.1. The monoisotopic (exact) mass is 221 g/mol. The van der Waals surface area contributed by atoms with Crippen LogP contribution in [0.5, 0.6) is 5.75 Å². The Kier molecular flexibility index (Phi) is 4.83. The molecule has 3 heteroatoms. The fourth-order valence-corrected chi connectivity index (χ4v) is 1.50. The van der Waals surface area contributed by atoms with E-state index in [0.29, 0.717) is 0 Å². The predicted molar refractivity (Wildman–Crippen MR) is 65.7 cm³/mol. The van der Waals surface area contributed by atoms with Crippen molar-refractivity contribution in [2.75, 3.05) is 12.4 Å². The van der Waals surface area contributed by atoms with E-state index in [-0.39, 0.29) is 11.8 Å². The summed E-state index contributed by atoms with van der Waals surface area (Å²) in [5.74, 6) is 0.929. The van der Waals surface area contributed by atoms with Crippen molar-refractivity contribution in [3.8, 4) is 5.75 Å². The molecule has 1 N–H and O–H groups in total. The van der Waals surface area contributed by atoms with Crippen LogP contribution < -0.4 is 10.1 Å².